The van der Waals surface area contributed by atoms with E-state index in [1.165, 1.54) is 0 Å². The van der Waals surface area contributed by atoms with Gasteiger partial charge in [0.05, 0.1) is 6.61 Å². The fraction of sp³-hybridized carbons (Fsp3) is 0.250. The molecule has 0 aliphatic carbocycles. The first-order chi connectivity index (χ1) is 9.31. The number of hydrogen-bond donors (Lipinski definition) is 1. The van der Waals surface area contributed by atoms with E-state index in [2.05, 4.69) is 16.5 Å². The summed E-state index contributed by atoms with van der Waals surface area (Å²) in [4.78, 5) is 0. The Balaban J connectivity index is 2.89. The molecule has 1 aromatic carbocycles. The van der Waals surface area contributed by atoms with Crippen molar-refractivity contribution in [2.24, 2.45) is 5.16 Å². The second kappa shape index (κ2) is 6.47. The molecular weight excluding hydrogens is 285 g/mol. The largest absolute Gasteiger partial charge is 0.418 e. The molecule has 0 aliphatic heterocycles. The molecule has 0 amide bonds. The second-order valence-corrected chi connectivity index (χ2v) is 3.66. The van der Waals surface area contributed by atoms with Crippen molar-refractivity contribution in [2.75, 3.05) is 6.61 Å². The van der Waals surface area contributed by atoms with E-state index in [-0.39, 0.29) is 0 Å². The van der Waals surface area contributed by atoms with Gasteiger partial charge in [0.2, 0.25) is 0 Å². The van der Waals surface area contributed by atoms with Gasteiger partial charge in [0.1, 0.15) is 5.71 Å². The van der Waals surface area contributed by atoms with Crippen molar-refractivity contribution < 1.29 is 31.9 Å². The number of nitrogens with zero attached hydrogens (tertiary/aromatic N) is 1. The zero-order valence-electron chi connectivity index (χ0n) is 9.99. The van der Waals surface area contributed by atoms with Crippen LogP contribution in [0.15, 0.2) is 36.0 Å². The van der Waals surface area contributed by atoms with Gasteiger partial charge in [-0.2, -0.15) is 13.2 Å². The van der Waals surface area contributed by atoms with Crippen molar-refractivity contribution in [3.8, 4) is 0 Å². The fourth-order valence-corrected chi connectivity index (χ4v) is 1.35. The second-order valence-electron chi connectivity index (χ2n) is 3.66. The quantitative estimate of drug-likeness (QED) is 0.298. The van der Waals surface area contributed by atoms with Crippen LogP contribution < -0.4 is 0 Å². The molecule has 0 saturated heterocycles. The molecule has 0 bridgehead atoms. The summed E-state index contributed by atoms with van der Waals surface area (Å²) in [6.45, 7) is 2.09. The molecule has 0 heterocycles. The topological polar surface area (TPSA) is 41.8 Å². The van der Waals surface area contributed by atoms with Crippen LogP contribution in [0.2, 0.25) is 0 Å². The molecule has 0 aliphatic rings. The minimum atomic E-state index is -4.71. The third kappa shape index (κ3) is 3.77. The molecule has 1 aromatic rings. The van der Waals surface area contributed by atoms with Gasteiger partial charge in [-0.15, -0.1) is 6.58 Å². The summed E-state index contributed by atoms with van der Waals surface area (Å²) >= 11 is 0. The Morgan fingerprint density at radius 3 is 2.55 bits per heavy atom. The zero-order chi connectivity index (χ0) is 15.3. The lowest BCUT2D eigenvalue weighted by Crippen LogP contribution is -2.31. The first kappa shape index (κ1) is 16.1. The molecule has 1 N–H and O–H groups in total. The number of rotatable bonds is 5. The maximum Gasteiger partial charge on any atom is 0.418 e. The van der Waals surface area contributed by atoms with Crippen LogP contribution in [0.25, 0.3) is 0 Å². The number of ether oxygens (including phenoxy) is 1. The van der Waals surface area contributed by atoms with Crippen LogP contribution in [0.5, 0.6) is 0 Å². The van der Waals surface area contributed by atoms with E-state index in [1.54, 1.807) is 0 Å². The lowest BCUT2D eigenvalue weighted by Gasteiger charge is -2.17. The highest BCUT2D eigenvalue weighted by molar-refractivity contribution is 6.01. The summed E-state index contributed by atoms with van der Waals surface area (Å²) in [7, 11) is 0. The van der Waals surface area contributed by atoms with Gasteiger partial charge in [0, 0.05) is 5.56 Å². The number of halogens is 5. The molecule has 1 atom stereocenters. The van der Waals surface area contributed by atoms with Crippen LogP contribution in [0.3, 0.4) is 0 Å². The molecule has 0 unspecified atom stereocenters. The van der Waals surface area contributed by atoms with E-state index in [1.807, 2.05) is 0 Å². The number of oxime groups is 1. The van der Waals surface area contributed by atoms with Gasteiger partial charge in [0.15, 0.2) is 17.7 Å². The van der Waals surface area contributed by atoms with Gasteiger partial charge in [-0.05, 0) is 12.1 Å². The fourth-order valence-electron chi connectivity index (χ4n) is 1.35. The summed E-state index contributed by atoms with van der Waals surface area (Å²) < 4.78 is 68.0. The maximum atomic E-state index is 13.4. The van der Waals surface area contributed by atoms with Crippen LogP contribution in [-0.4, -0.2) is 29.8 Å². The minimum absolute atomic E-state index is 0.488. The van der Waals surface area contributed by atoms with Crippen LogP contribution in [-0.2, 0) is 4.74 Å². The van der Waals surface area contributed by atoms with Crippen LogP contribution in [0, 0.1) is 11.6 Å². The van der Waals surface area contributed by atoms with E-state index >= 15 is 0 Å². The van der Waals surface area contributed by atoms with Crippen molar-refractivity contribution in [3.63, 3.8) is 0 Å². The molecule has 8 heteroatoms. The lowest BCUT2D eigenvalue weighted by atomic mass is 10.1. The van der Waals surface area contributed by atoms with E-state index in [9.17, 15) is 22.0 Å². The molecule has 0 spiro atoms. The van der Waals surface area contributed by atoms with Crippen LogP contribution in [0.1, 0.15) is 5.56 Å². The summed E-state index contributed by atoms with van der Waals surface area (Å²) in [5.41, 5.74) is -1.06. The number of alkyl halides is 3. The molecule has 3 nitrogen and oxygen atoms in total. The SMILES string of the molecule is C=C[C@H](OC/C(=N\O)c1cccc(F)c1F)C(F)(F)F. The van der Waals surface area contributed by atoms with Gasteiger partial charge >= 0.3 is 6.18 Å². The zero-order valence-corrected chi connectivity index (χ0v) is 9.99. The number of hydrogen-bond acceptors (Lipinski definition) is 3. The summed E-state index contributed by atoms with van der Waals surface area (Å²) in [5.74, 6) is -2.56. The van der Waals surface area contributed by atoms with Crippen molar-refractivity contribution in [2.45, 2.75) is 12.3 Å². The predicted octanol–water partition coefficient (Wildman–Crippen LogP) is 3.28. The molecule has 20 heavy (non-hydrogen) atoms. The van der Waals surface area contributed by atoms with Gasteiger partial charge in [-0.3, -0.25) is 0 Å². The third-order valence-electron chi connectivity index (χ3n) is 2.32. The summed E-state index contributed by atoms with van der Waals surface area (Å²) in [6.07, 6.45) is -6.52. The molecule has 0 saturated carbocycles. The van der Waals surface area contributed by atoms with Gasteiger partial charge < -0.3 is 9.94 Å². The van der Waals surface area contributed by atoms with Crippen molar-refractivity contribution in [3.05, 3.63) is 48.1 Å². The normalized spacial score (nSPS) is 14.2. The van der Waals surface area contributed by atoms with E-state index in [4.69, 9.17) is 5.21 Å². The first-order valence-corrected chi connectivity index (χ1v) is 5.27. The number of benzene rings is 1. The Bertz CT molecular complexity index is 513. The smallest absolute Gasteiger partial charge is 0.411 e. The third-order valence-corrected chi connectivity index (χ3v) is 2.32. The Morgan fingerprint density at radius 1 is 1.40 bits per heavy atom. The highest BCUT2D eigenvalue weighted by Crippen LogP contribution is 2.24. The van der Waals surface area contributed by atoms with E-state index in [0.29, 0.717) is 6.08 Å². The Labute approximate surface area is 111 Å². The molecular formula is C12H10F5NO2. The monoisotopic (exact) mass is 295 g/mol. The van der Waals surface area contributed by atoms with Gasteiger partial charge in [-0.1, -0.05) is 17.3 Å². The average molecular weight is 295 g/mol. The molecule has 1 rings (SSSR count). The molecule has 0 aromatic heterocycles. The van der Waals surface area contributed by atoms with Crippen molar-refractivity contribution in [1.82, 2.24) is 0 Å². The van der Waals surface area contributed by atoms with E-state index in [0.717, 1.165) is 18.2 Å². The summed E-state index contributed by atoms with van der Waals surface area (Å²) in [5, 5.41) is 11.3. The molecule has 0 radical (unpaired) electrons. The Hall–Kier alpha value is -1.96. The standard InChI is InChI=1S/C12H10F5NO2/c1-2-10(12(15,16)17)20-6-9(18-19)7-4-3-5-8(13)11(7)14/h2-5,10,19H,1,6H2/b18-9+/t10-/m0/s1. The van der Waals surface area contributed by atoms with Gasteiger partial charge in [-0.25, -0.2) is 8.78 Å². The van der Waals surface area contributed by atoms with Crippen molar-refractivity contribution >= 4 is 5.71 Å². The Morgan fingerprint density at radius 2 is 2.05 bits per heavy atom. The average Bonchev–Trinajstić information content (AvgIpc) is 2.37. The minimum Gasteiger partial charge on any atom is -0.411 e. The Kier molecular flexibility index (Phi) is 5.20. The highest BCUT2D eigenvalue weighted by atomic mass is 19.4. The predicted molar refractivity (Wildman–Crippen MR) is 60.7 cm³/mol. The highest BCUT2D eigenvalue weighted by Gasteiger charge is 2.38. The van der Waals surface area contributed by atoms with Crippen molar-refractivity contribution in [1.29, 1.82) is 0 Å². The molecule has 110 valence electrons. The van der Waals surface area contributed by atoms with Gasteiger partial charge in [0.25, 0.3) is 0 Å². The maximum absolute atomic E-state index is 13.4. The van der Waals surface area contributed by atoms with Crippen LogP contribution in [0.4, 0.5) is 22.0 Å². The first-order valence-electron chi connectivity index (χ1n) is 5.27. The van der Waals surface area contributed by atoms with Crippen LogP contribution >= 0.6 is 0 Å². The summed E-state index contributed by atoms with van der Waals surface area (Å²) in [6, 6.07) is 2.98. The van der Waals surface area contributed by atoms with E-state index < -0.39 is 41.8 Å². The molecule has 0 fully saturated rings. The lowest BCUT2D eigenvalue weighted by molar-refractivity contribution is -0.199.